The average molecular weight is 283 g/mol. The zero-order chi connectivity index (χ0) is 13.1. The minimum Gasteiger partial charge on any atom is -0.338 e. The Morgan fingerprint density at radius 3 is 2.84 bits per heavy atom. The second-order valence-electron chi connectivity index (χ2n) is 5.23. The number of nitrogens with two attached hydrogens (primary N) is 1. The highest BCUT2D eigenvalue weighted by molar-refractivity contribution is 5.85. The summed E-state index contributed by atoms with van der Waals surface area (Å²) in [4.78, 5) is 14.3. The number of amides is 1. The first-order valence-electron chi connectivity index (χ1n) is 6.67. The molecule has 1 aromatic carbocycles. The van der Waals surface area contributed by atoms with Crippen LogP contribution in [0.15, 0.2) is 18.2 Å². The number of carbonyl (C=O) groups excluding carboxylic acids is 1. The Balaban J connectivity index is 0.00000180. The Hall–Kier alpha value is -1.06. The van der Waals surface area contributed by atoms with Crippen molar-refractivity contribution < 1.29 is 4.79 Å². The molecular formula is C15H23ClN2O. The molecule has 0 bridgehead atoms. The second-order valence-corrected chi connectivity index (χ2v) is 5.23. The van der Waals surface area contributed by atoms with Crippen LogP contribution in [0, 0.1) is 13.8 Å². The number of benzene rings is 1. The van der Waals surface area contributed by atoms with Crippen molar-refractivity contribution in [2.24, 2.45) is 5.73 Å². The van der Waals surface area contributed by atoms with Gasteiger partial charge in [0.2, 0.25) is 5.91 Å². The van der Waals surface area contributed by atoms with Gasteiger partial charge >= 0.3 is 0 Å². The summed E-state index contributed by atoms with van der Waals surface area (Å²) in [6.45, 7) is 5.57. The maximum Gasteiger partial charge on any atom is 0.227 e. The van der Waals surface area contributed by atoms with Crippen molar-refractivity contribution in [3.63, 3.8) is 0 Å². The monoisotopic (exact) mass is 282 g/mol. The lowest BCUT2D eigenvalue weighted by Gasteiger charge is -2.24. The Labute approximate surface area is 121 Å². The van der Waals surface area contributed by atoms with E-state index in [0.717, 1.165) is 24.9 Å². The van der Waals surface area contributed by atoms with Gasteiger partial charge in [0.25, 0.3) is 0 Å². The summed E-state index contributed by atoms with van der Waals surface area (Å²) in [5.41, 5.74) is 9.26. The van der Waals surface area contributed by atoms with Crippen LogP contribution in [-0.4, -0.2) is 29.9 Å². The lowest BCUT2D eigenvalue weighted by Crippen LogP contribution is -2.40. The smallest absolute Gasteiger partial charge is 0.227 e. The summed E-state index contributed by atoms with van der Waals surface area (Å²) in [7, 11) is 0. The van der Waals surface area contributed by atoms with Crippen molar-refractivity contribution in [1.29, 1.82) is 0 Å². The Morgan fingerprint density at radius 2 is 2.16 bits per heavy atom. The van der Waals surface area contributed by atoms with Gasteiger partial charge in [0.15, 0.2) is 0 Å². The van der Waals surface area contributed by atoms with Crippen LogP contribution in [0.3, 0.4) is 0 Å². The van der Waals surface area contributed by atoms with Crippen molar-refractivity contribution in [2.45, 2.75) is 39.2 Å². The molecule has 2 rings (SSSR count). The minimum atomic E-state index is 0. The van der Waals surface area contributed by atoms with E-state index in [9.17, 15) is 4.79 Å². The highest BCUT2D eigenvalue weighted by atomic mass is 35.5. The van der Waals surface area contributed by atoms with Gasteiger partial charge in [-0.05, 0) is 37.8 Å². The summed E-state index contributed by atoms with van der Waals surface area (Å²) in [6, 6.07) is 6.54. The molecule has 1 aliphatic rings. The van der Waals surface area contributed by atoms with Gasteiger partial charge in [0, 0.05) is 19.1 Å². The molecule has 0 aromatic heterocycles. The lowest BCUT2D eigenvalue weighted by atomic mass is 10.0. The van der Waals surface area contributed by atoms with Crippen LogP contribution < -0.4 is 5.73 Å². The second kappa shape index (κ2) is 6.92. The number of aryl methyl sites for hydroxylation is 2. The molecule has 1 aliphatic heterocycles. The van der Waals surface area contributed by atoms with Gasteiger partial charge in [-0.3, -0.25) is 4.79 Å². The zero-order valence-corrected chi connectivity index (χ0v) is 12.5. The molecule has 1 atom stereocenters. The summed E-state index contributed by atoms with van der Waals surface area (Å²) in [5, 5.41) is 0. The van der Waals surface area contributed by atoms with Crippen molar-refractivity contribution in [3.05, 3.63) is 34.9 Å². The predicted molar refractivity (Wildman–Crippen MR) is 80.7 cm³/mol. The molecular weight excluding hydrogens is 260 g/mol. The third-order valence-electron chi connectivity index (χ3n) is 3.82. The summed E-state index contributed by atoms with van der Waals surface area (Å²) in [6.07, 6.45) is 2.64. The molecule has 19 heavy (non-hydrogen) atoms. The van der Waals surface area contributed by atoms with Crippen LogP contribution in [0.2, 0.25) is 0 Å². The topological polar surface area (TPSA) is 46.3 Å². The first-order valence-corrected chi connectivity index (χ1v) is 6.67. The predicted octanol–water partition coefficient (Wildman–Crippen LogP) is 2.22. The van der Waals surface area contributed by atoms with E-state index in [2.05, 4.69) is 32.0 Å². The van der Waals surface area contributed by atoms with Gasteiger partial charge in [-0.1, -0.05) is 23.8 Å². The molecule has 1 amide bonds. The molecule has 2 N–H and O–H groups in total. The van der Waals surface area contributed by atoms with Crippen LogP contribution in [0.1, 0.15) is 29.5 Å². The maximum absolute atomic E-state index is 12.3. The number of hydrogen-bond acceptors (Lipinski definition) is 2. The molecule has 1 saturated heterocycles. The van der Waals surface area contributed by atoms with Crippen LogP contribution in [0.25, 0.3) is 0 Å². The van der Waals surface area contributed by atoms with Crippen LogP contribution >= 0.6 is 12.4 Å². The summed E-state index contributed by atoms with van der Waals surface area (Å²) < 4.78 is 0. The standard InChI is InChI=1S/C15H22N2O.ClH/c1-11-5-6-12(2)13(8-11)9-15(18)17-7-3-4-14(17)10-16;/h5-6,8,14H,3-4,7,9-10,16H2,1-2H3;1H. The fraction of sp³-hybridized carbons (Fsp3) is 0.533. The van der Waals surface area contributed by atoms with Crippen LogP contribution in [0.4, 0.5) is 0 Å². The Kier molecular flexibility index (Phi) is 5.83. The van der Waals surface area contributed by atoms with E-state index in [1.165, 1.54) is 11.1 Å². The Morgan fingerprint density at radius 1 is 1.42 bits per heavy atom. The van der Waals surface area contributed by atoms with Gasteiger partial charge in [-0.25, -0.2) is 0 Å². The number of hydrogen-bond donors (Lipinski definition) is 1. The number of nitrogens with zero attached hydrogens (tertiary/aromatic N) is 1. The SMILES string of the molecule is Cc1ccc(C)c(CC(=O)N2CCCC2CN)c1.Cl. The van der Waals surface area contributed by atoms with Crippen LogP contribution in [-0.2, 0) is 11.2 Å². The summed E-state index contributed by atoms with van der Waals surface area (Å²) >= 11 is 0. The van der Waals surface area contributed by atoms with Gasteiger partial charge in [-0.2, -0.15) is 0 Å². The third kappa shape index (κ3) is 3.71. The van der Waals surface area contributed by atoms with E-state index in [-0.39, 0.29) is 24.4 Å². The Bertz CT molecular complexity index is 448. The molecule has 1 heterocycles. The van der Waals surface area contributed by atoms with Gasteiger partial charge < -0.3 is 10.6 Å². The molecule has 0 saturated carbocycles. The normalized spacial score (nSPS) is 18.3. The van der Waals surface area contributed by atoms with Crippen molar-refractivity contribution in [3.8, 4) is 0 Å². The number of rotatable bonds is 3. The molecule has 1 aromatic rings. The molecule has 0 radical (unpaired) electrons. The van der Waals surface area contributed by atoms with E-state index in [4.69, 9.17) is 5.73 Å². The lowest BCUT2D eigenvalue weighted by molar-refractivity contribution is -0.131. The van der Waals surface area contributed by atoms with Crippen LogP contribution in [0.5, 0.6) is 0 Å². The molecule has 1 unspecified atom stereocenters. The first-order chi connectivity index (χ1) is 8.61. The van der Waals surface area contributed by atoms with Gasteiger partial charge in [0.1, 0.15) is 0 Å². The van der Waals surface area contributed by atoms with E-state index >= 15 is 0 Å². The van der Waals surface area contributed by atoms with E-state index in [1.54, 1.807) is 0 Å². The summed E-state index contributed by atoms with van der Waals surface area (Å²) in [5.74, 6) is 0.219. The highest BCUT2D eigenvalue weighted by Gasteiger charge is 2.27. The van der Waals surface area contributed by atoms with Gasteiger partial charge in [0.05, 0.1) is 6.42 Å². The minimum absolute atomic E-state index is 0. The quantitative estimate of drug-likeness (QED) is 0.924. The van der Waals surface area contributed by atoms with E-state index in [1.807, 2.05) is 4.90 Å². The fourth-order valence-corrected chi connectivity index (χ4v) is 2.66. The molecule has 4 heteroatoms. The largest absolute Gasteiger partial charge is 0.338 e. The molecule has 3 nitrogen and oxygen atoms in total. The average Bonchev–Trinajstić information content (AvgIpc) is 2.82. The van der Waals surface area contributed by atoms with E-state index in [0.29, 0.717) is 13.0 Å². The van der Waals surface area contributed by atoms with Crippen molar-refractivity contribution in [1.82, 2.24) is 4.90 Å². The third-order valence-corrected chi connectivity index (χ3v) is 3.82. The van der Waals surface area contributed by atoms with Crippen molar-refractivity contribution in [2.75, 3.05) is 13.1 Å². The molecule has 0 spiro atoms. The number of likely N-dealkylation sites (tertiary alicyclic amines) is 1. The molecule has 1 fully saturated rings. The molecule has 0 aliphatic carbocycles. The molecule has 106 valence electrons. The fourth-order valence-electron chi connectivity index (χ4n) is 2.66. The van der Waals surface area contributed by atoms with E-state index < -0.39 is 0 Å². The first kappa shape index (κ1) is 16.0. The number of halogens is 1. The number of carbonyl (C=O) groups is 1. The maximum atomic E-state index is 12.3. The van der Waals surface area contributed by atoms with Crippen molar-refractivity contribution >= 4 is 18.3 Å². The van der Waals surface area contributed by atoms with Gasteiger partial charge in [-0.15, -0.1) is 12.4 Å². The highest BCUT2D eigenvalue weighted by Crippen LogP contribution is 2.19. The zero-order valence-electron chi connectivity index (χ0n) is 11.7.